The molecule has 1 N–H and O–H groups in total. The van der Waals surface area contributed by atoms with E-state index in [0.717, 1.165) is 27.1 Å². The summed E-state index contributed by atoms with van der Waals surface area (Å²) >= 11 is 3.51. The Morgan fingerprint density at radius 2 is 1.46 bits per heavy atom. The van der Waals surface area contributed by atoms with E-state index in [4.69, 9.17) is 5.10 Å². The van der Waals surface area contributed by atoms with Crippen LogP contribution >= 0.6 is 15.9 Å². The molecule has 5 heteroatoms. The number of amidine groups is 1. The summed E-state index contributed by atoms with van der Waals surface area (Å²) in [5, 5.41) is 9.01. The maximum Gasteiger partial charge on any atom is 0.170 e. The van der Waals surface area contributed by atoms with Crippen molar-refractivity contribution in [2.45, 2.75) is 6.17 Å². The SMILES string of the molecule is CN1NC(c2ccc(Br)cc2)N(c2ccccc2)N=C1c1ccccc1. The summed E-state index contributed by atoms with van der Waals surface area (Å²) in [4.78, 5) is 0. The van der Waals surface area contributed by atoms with Crippen LogP contribution in [0.4, 0.5) is 5.69 Å². The van der Waals surface area contributed by atoms with Crippen LogP contribution in [0.2, 0.25) is 0 Å². The van der Waals surface area contributed by atoms with Crippen molar-refractivity contribution in [3.8, 4) is 0 Å². The van der Waals surface area contributed by atoms with Crippen molar-refractivity contribution in [1.82, 2.24) is 10.4 Å². The van der Waals surface area contributed by atoms with Gasteiger partial charge in [-0.2, -0.15) is 5.10 Å². The average molecular weight is 407 g/mol. The zero-order valence-electron chi connectivity index (χ0n) is 14.4. The lowest BCUT2D eigenvalue weighted by Gasteiger charge is -2.40. The number of anilines is 1. The van der Waals surface area contributed by atoms with Crippen LogP contribution in [-0.4, -0.2) is 17.9 Å². The van der Waals surface area contributed by atoms with Crippen LogP contribution in [0, 0.1) is 0 Å². The van der Waals surface area contributed by atoms with Crippen molar-refractivity contribution in [2.75, 3.05) is 12.1 Å². The molecule has 130 valence electrons. The fraction of sp³-hybridized carbons (Fsp3) is 0.0952. The highest BCUT2D eigenvalue weighted by Crippen LogP contribution is 2.30. The van der Waals surface area contributed by atoms with E-state index in [1.165, 1.54) is 0 Å². The number of hydrogen-bond acceptors (Lipinski definition) is 4. The molecule has 1 unspecified atom stereocenters. The topological polar surface area (TPSA) is 30.9 Å². The second-order valence-electron chi connectivity index (χ2n) is 6.11. The summed E-state index contributed by atoms with van der Waals surface area (Å²) < 4.78 is 1.06. The molecule has 1 atom stereocenters. The first-order chi connectivity index (χ1) is 12.7. The number of hydrazine groups is 1. The molecule has 3 aromatic carbocycles. The van der Waals surface area contributed by atoms with Crippen LogP contribution in [-0.2, 0) is 0 Å². The first-order valence-electron chi connectivity index (χ1n) is 8.46. The molecule has 0 radical (unpaired) electrons. The Kier molecular flexibility index (Phi) is 4.73. The van der Waals surface area contributed by atoms with Crippen molar-refractivity contribution in [1.29, 1.82) is 0 Å². The standard InChI is InChI=1S/C21H19BrN4/c1-25-20(16-8-4-2-5-9-16)24-26(19-10-6-3-7-11-19)21(23-25)17-12-14-18(22)15-13-17/h2-15,21,23H,1H3. The van der Waals surface area contributed by atoms with Crippen LogP contribution in [0.15, 0.2) is 94.5 Å². The zero-order chi connectivity index (χ0) is 17.9. The molecule has 3 aromatic rings. The van der Waals surface area contributed by atoms with Crippen molar-refractivity contribution >= 4 is 27.5 Å². The van der Waals surface area contributed by atoms with Crippen LogP contribution in [0.1, 0.15) is 17.3 Å². The zero-order valence-corrected chi connectivity index (χ0v) is 16.0. The molecule has 0 aromatic heterocycles. The Morgan fingerprint density at radius 1 is 0.846 bits per heavy atom. The highest BCUT2D eigenvalue weighted by molar-refractivity contribution is 9.10. The van der Waals surface area contributed by atoms with Crippen LogP contribution < -0.4 is 10.4 Å². The summed E-state index contributed by atoms with van der Waals surface area (Å²) in [7, 11) is 2.00. The third kappa shape index (κ3) is 3.36. The van der Waals surface area contributed by atoms with E-state index in [2.05, 4.69) is 69.9 Å². The predicted octanol–water partition coefficient (Wildman–Crippen LogP) is 4.77. The lowest BCUT2D eigenvalue weighted by molar-refractivity contribution is 0.277. The maximum atomic E-state index is 4.99. The van der Waals surface area contributed by atoms with E-state index in [-0.39, 0.29) is 6.17 Å². The summed E-state index contributed by atoms with van der Waals surface area (Å²) in [6, 6.07) is 28.8. The maximum absolute atomic E-state index is 4.99. The van der Waals surface area contributed by atoms with Gasteiger partial charge in [0.2, 0.25) is 0 Å². The quantitative estimate of drug-likeness (QED) is 0.679. The first kappa shape index (κ1) is 16.8. The predicted molar refractivity (Wildman–Crippen MR) is 110 cm³/mol. The second-order valence-corrected chi connectivity index (χ2v) is 7.03. The number of benzene rings is 3. The minimum absolute atomic E-state index is 0.0945. The van der Waals surface area contributed by atoms with E-state index >= 15 is 0 Å². The number of hydrazone groups is 1. The fourth-order valence-corrected chi connectivity index (χ4v) is 3.28. The molecule has 0 bridgehead atoms. The molecule has 1 aliphatic heterocycles. The number of para-hydroxylation sites is 1. The molecule has 0 amide bonds. The monoisotopic (exact) mass is 406 g/mol. The first-order valence-corrected chi connectivity index (χ1v) is 9.25. The highest BCUT2D eigenvalue weighted by Gasteiger charge is 2.29. The van der Waals surface area contributed by atoms with Gasteiger partial charge in [0.25, 0.3) is 0 Å². The van der Waals surface area contributed by atoms with E-state index < -0.39 is 0 Å². The lowest BCUT2D eigenvalue weighted by Crippen LogP contribution is -2.52. The molecular weight excluding hydrogens is 388 g/mol. The Bertz CT molecular complexity index is 894. The minimum atomic E-state index is -0.0945. The van der Waals surface area contributed by atoms with Gasteiger partial charge < -0.3 is 0 Å². The van der Waals surface area contributed by atoms with E-state index in [0.29, 0.717) is 0 Å². The number of nitrogens with one attached hydrogen (secondary N) is 1. The normalized spacial score (nSPS) is 17.2. The molecular formula is C21H19BrN4. The van der Waals surface area contributed by atoms with Gasteiger partial charge in [0.15, 0.2) is 5.84 Å². The Hall–Kier alpha value is -2.63. The Balaban J connectivity index is 1.80. The lowest BCUT2D eigenvalue weighted by atomic mass is 10.1. The Labute approximate surface area is 161 Å². The molecule has 0 fully saturated rings. The van der Waals surface area contributed by atoms with Crippen molar-refractivity contribution in [2.24, 2.45) is 5.10 Å². The number of hydrogen-bond donors (Lipinski definition) is 1. The largest absolute Gasteiger partial charge is 0.291 e. The van der Waals surface area contributed by atoms with Gasteiger partial charge in [0.1, 0.15) is 6.17 Å². The third-order valence-electron chi connectivity index (χ3n) is 4.32. The Morgan fingerprint density at radius 3 is 2.12 bits per heavy atom. The molecule has 26 heavy (non-hydrogen) atoms. The van der Waals surface area contributed by atoms with E-state index in [1.807, 2.05) is 53.5 Å². The molecule has 4 rings (SSSR count). The number of rotatable bonds is 3. The average Bonchev–Trinajstić information content (AvgIpc) is 2.70. The number of nitrogens with zero attached hydrogens (tertiary/aromatic N) is 3. The molecule has 0 aliphatic carbocycles. The molecule has 0 saturated heterocycles. The van der Waals surface area contributed by atoms with Crippen LogP contribution in [0.25, 0.3) is 0 Å². The van der Waals surface area contributed by atoms with E-state index in [9.17, 15) is 0 Å². The molecule has 1 aliphatic rings. The molecule has 4 nitrogen and oxygen atoms in total. The summed E-state index contributed by atoms with van der Waals surface area (Å²) in [5.41, 5.74) is 6.80. The summed E-state index contributed by atoms with van der Waals surface area (Å²) in [5.74, 6) is 0.878. The number of halogens is 1. The van der Waals surface area contributed by atoms with Crippen molar-refractivity contribution < 1.29 is 0 Å². The third-order valence-corrected chi connectivity index (χ3v) is 4.85. The van der Waals surface area contributed by atoms with Gasteiger partial charge in [-0.1, -0.05) is 76.6 Å². The molecule has 0 saturated carbocycles. The van der Waals surface area contributed by atoms with Crippen LogP contribution in [0.3, 0.4) is 0 Å². The fourth-order valence-electron chi connectivity index (χ4n) is 3.01. The smallest absolute Gasteiger partial charge is 0.170 e. The van der Waals surface area contributed by atoms with Crippen LogP contribution in [0.5, 0.6) is 0 Å². The van der Waals surface area contributed by atoms with Gasteiger partial charge in [0, 0.05) is 17.1 Å². The minimum Gasteiger partial charge on any atom is -0.291 e. The van der Waals surface area contributed by atoms with Crippen molar-refractivity contribution in [3.63, 3.8) is 0 Å². The summed E-state index contributed by atoms with van der Waals surface area (Å²) in [6.45, 7) is 0. The van der Waals surface area contributed by atoms with Gasteiger partial charge in [-0.05, 0) is 29.8 Å². The van der Waals surface area contributed by atoms with Crippen molar-refractivity contribution in [3.05, 3.63) is 101 Å². The summed E-state index contributed by atoms with van der Waals surface area (Å²) in [6.07, 6.45) is -0.0945. The van der Waals surface area contributed by atoms with Gasteiger partial charge in [-0.25, -0.2) is 10.4 Å². The van der Waals surface area contributed by atoms with Gasteiger partial charge in [-0.3, -0.25) is 5.01 Å². The van der Waals surface area contributed by atoms with Gasteiger partial charge in [0.05, 0.1) is 5.69 Å². The highest BCUT2D eigenvalue weighted by atomic mass is 79.9. The van der Waals surface area contributed by atoms with Gasteiger partial charge in [-0.15, -0.1) is 0 Å². The molecule has 0 spiro atoms. The van der Waals surface area contributed by atoms with E-state index in [1.54, 1.807) is 0 Å². The molecule has 1 heterocycles. The second kappa shape index (κ2) is 7.32. The van der Waals surface area contributed by atoms with Gasteiger partial charge >= 0.3 is 0 Å².